The fraction of sp³-hybridized carbons (Fsp3) is 0.733. The number of ether oxygens (including phenoxy) is 1. The van der Waals surface area contributed by atoms with Crippen molar-refractivity contribution >= 4 is 6.03 Å². The van der Waals surface area contributed by atoms with Crippen LogP contribution in [-0.4, -0.2) is 41.4 Å². The first-order chi connectivity index (χ1) is 10.3. The monoisotopic (exact) mass is 294 g/mol. The summed E-state index contributed by atoms with van der Waals surface area (Å²) in [6.07, 6.45) is 12.1. The molecule has 1 fully saturated rings. The largest absolute Gasteiger partial charge is 0.379 e. The molecule has 6 heteroatoms. The van der Waals surface area contributed by atoms with Gasteiger partial charge in [0.1, 0.15) is 0 Å². The average molecular weight is 294 g/mol. The summed E-state index contributed by atoms with van der Waals surface area (Å²) >= 11 is 0. The molecule has 0 aliphatic heterocycles. The van der Waals surface area contributed by atoms with Crippen LogP contribution in [0.1, 0.15) is 38.5 Å². The quantitative estimate of drug-likeness (QED) is 0.755. The second-order valence-electron chi connectivity index (χ2n) is 5.57. The SMILES string of the molecule is CO[C@H]1CCCC[C@H]1NC(=O)NCCCCn1ccnc1. The van der Waals surface area contributed by atoms with Gasteiger partial charge in [-0.25, -0.2) is 9.78 Å². The number of unbranched alkanes of at least 4 members (excludes halogenated alkanes) is 1. The lowest BCUT2D eigenvalue weighted by atomic mass is 9.92. The fourth-order valence-electron chi connectivity index (χ4n) is 2.80. The maximum absolute atomic E-state index is 11.9. The van der Waals surface area contributed by atoms with E-state index in [0.29, 0.717) is 6.54 Å². The molecule has 1 aromatic rings. The Balaban J connectivity index is 1.56. The summed E-state index contributed by atoms with van der Waals surface area (Å²) < 4.78 is 7.48. The van der Waals surface area contributed by atoms with E-state index in [-0.39, 0.29) is 18.2 Å². The fourth-order valence-corrected chi connectivity index (χ4v) is 2.80. The van der Waals surface area contributed by atoms with E-state index >= 15 is 0 Å². The zero-order chi connectivity index (χ0) is 14.9. The molecule has 2 rings (SSSR count). The highest BCUT2D eigenvalue weighted by atomic mass is 16.5. The second-order valence-corrected chi connectivity index (χ2v) is 5.57. The molecule has 0 aromatic carbocycles. The Hall–Kier alpha value is -1.56. The van der Waals surface area contributed by atoms with Gasteiger partial charge >= 0.3 is 6.03 Å². The highest BCUT2D eigenvalue weighted by molar-refractivity contribution is 5.74. The van der Waals surface area contributed by atoms with E-state index in [0.717, 1.165) is 38.6 Å². The van der Waals surface area contributed by atoms with E-state index < -0.39 is 0 Å². The zero-order valence-corrected chi connectivity index (χ0v) is 12.8. The highest BCUT2D eigenvalue weighted by Crippen LogP contribution is 2.20. The number of aromatic nitrogens is 2. The first-order valence-corrected chi connectivity index (χ1v) is 7.82. The lowest BCUT2D eigenvalue weighted by Crippen LogP contribution is -2.49. The smallest absolute Gasteiger partial charge is 0.315 e. The molecule has 0 spiro atoms. The first kappa shape index (κ1) is 15.8. The maximum atomic E-state index is 11.9. The average Bonchev–Trinajstić information content (AvgIpc) is 3.01. The number of hydrogen-bond donors (Lipinski definition) is 2. The first-order valence-electron chi connectivity index (χ1n) is 7.82. The van der Waals surface area contributed by atoms with Crippen LogP contribution in [0.4, 0.5) is 4.79 Å². The number of methoxy groups -OCH3 is 1. The summed E-state index contributed by atoms with van der Waals surface area (Å²) in [5, 5.41) is 5.96. The van der Waals surface area contributed by atoms with Crippen molar-refractivity contribution < 1.29 is 9.53 Å². The molecular weight excluding hydrogens is 268 g/mol. The highest BCUT2D eigenvalue weighted by Gasteiger charge is 2.25. The number of carbonyl (C=O) groups is 1. The van der Waals surface area contributed by atoms with E-state index in [1.807, 2.05) is 17.1 Å². The minimum absolute atomic E-state index is 0.0772. The predicted molar refractivity (Wildman–Crippen MR) is 81.0 cm³/mol. The number of nitrogens with zero attached hydrogens (tertiary/aromatic N) is 2. The van der Waals surface area contributed by atoms with Crippen molar-refractivity contribution in [2.45, 2.75) is 57.2 Å². The van der Waals surface area contributed by atoms with E-state index in [2.05, 4.69) is 15.6 Å². The van der Waals surface area contributed by atoms with Gasteiger partial charge in [-0.15, -0.1) is 0 Å². The number of rotatable bonds is 7. The predicted octanol–water partition coefficient (Wildman–Crippen LogP) is 1.92. The molecular formula is C15H26N4O2. The van der Waals surface area contributed by atoms with Crippen LogP contribution in [0.25, 0.3) is 0 Å². The van der Waals surface area contributed by atoms with Crippen molar-refractivity contribution in [3.63, 3.8) is 0 Å². The number of imidazole rings is 1. The van der Waals surface area contributed by atoms with Crippen LogP contribution in [0.2, 0.25) is 0 Å². The Bertz CT molecular complexity index is 408. The number of urea groups is 1. The molecule has 0 bridgehead atoms. The molecule has 0 saturated heterocycles. The number of hydrogen-bond acceptors (Lipinski definition) is 3. The summed E-state index contributed by atoms with van der Waals surface area (Å²) in [6, 6.07) is 0.0706. The van der Waals surface area contributed by atoms with Crippen molar-refractivity contribution in [2.24, 2.45) is 0 Å². The molecule has 1 aromatic heterocycles. The van der Waals surface area contributed by atoms with Crippen molar-refractivity contribution in [1.29, 1.82) is 0 Å². The lowest BCUT2D eigenvalue weighted by molar-refractivity contribution is 0.0452. The summed E-state index contributed by atoms with van der Waals surface area (Å²) in [6.45, 7) is 1.64. The molecule has 2 N–H and O–H groups in total. The van der Waals surface area contributed by atoms with Gasteiger partial charge in [0, 0.05) is 32.6 Å². The van der Waals surface area contributed by atoms with Crippen LogP contribution in [-0.2, 0) is 11.3 Å². The van der Waals surface area contributed by atoms with Gasteiger partial charge in [0.05, 0.1) is 18.5 Å². The lowest BCUT2D eigenvalue weighted by Gasteiger charge is -2.31. The minimum atomic E-state index is -0.0772. The van der Waals surface area contributed by atoms with Gasteiger partial charge < -0.3 is 19.9 Å². The molecule has 2 atom stereocenters. The maximum Gasteiger partial charge on any atom is 0.315 e. The van der Waals surface area contributed by atoms with Crippen LogP contribution in [0.5, 0.6) is 0 Å². The number of carbonyl (C=O) groups excluding carboxylic acids is 1. The van der Waals surface area contributed by atoms with Crippen molar-refractivity contribution in [3.8, 4) is 0 Å². The van der Waals surface area contributed by atoms with Gasteiger partial charge in [-0.05, 0) is 25.7 Å². The number of nitrogens with one attached hydrogen (secondary N) is 2. The standard InChI is InChI=1S/C15H26N4O2/c1-21-14-7-3-2-6-13(14)18-15(20)17-8-4-5-10-19-11-9-16-12-19/h9,11-14H,2-8,10H2,1H3,(H2,17,18,20)/t13-,14+/m1/s1. The minimum Gasteiger partial charge on any atom is -0.379 e. The summed E-state index contributed by atoms with van der Waals surface area (Å²) in [5.74, 6) is 0. The van der Waals surface area contributed by atoms with Gasteiger partial charge in [-0.2, -0.15) is 0 Å². The molecule has 6 nitrogen and oxygen atoms in total. The molecule has 1 saturated carbocycles. The molecule has 1 aliphatic carbocycles. The second kappa shape index (κ2) is 8.67. The Morgan fingerprint density at radius 2 is 2.24 bits per heavy atom. The van der Waals surface area contributed by atoms with E-state index in [4.69, 9.17) is 4.74 Å². The topological polar surface area (TPSA) is 68.2 Å². The molecule has 1 heterocycles. The third-order valence-electron chi connectivity index (χ3n) is 4.01. The van der Waals surface area contributed by atoms with Crippen LogP contribution in [0, 0.1) is 0 Å². The molecule has 1 aliphatic rings. The zero-order valence-electron chi connectivity index (χ0n) is 12.8. The van der Waals surface area contributed by atoms with Gasteiger partial charge in [-0.1, -0.05) is 12.8 Å². The van der Waals surface area contributed by atoms with Gasteiger partial charge in [0.25, 0.3) is 0 Å². The summed E-state index contributed by atoms with van der Waals surface area (Å²) in [5.41, 5.74) is 0. The van der Waals surface area contributed by atoms with E-state index in [1.165, 1.54) is 6.42 Å². The van der Waals surface area contributed by atoms with E-state index in [1.54, 1.807) is 13.3 Å². The molecule has 118 valence electrons. The Morgan fingerprint density at radius 1 is 1.38 bits per heavy atom. The van der Waals surface area contributed by atoms with Gasteiger partial charge in [0.2, 0.25) is 0 Å². The molecule has 2 amide bonds. The van der Waals surface area contributed by atoms with Crippen LogP contribution >= 0.6 is 0 Å². The Labute approximate surface area is 126 Å². The van der Waals surface area contributed by atoms with Crippen LogP contribution < -0.4 is 10.6 Å². The summed E-state index contributed by atoms with van der Waals surface area (Å²) in [4.78, 5) is 15.9. The normalized spacial score (nSPS) is 22.0. The Kier molecular flexibility index (Phi) is 6.53. The van der Waals surface area contributed by atoms with Gasteiger partial charge in [-0.3, -0.25) is 0 Å². The van der Waals surface area contributed by atoms with Crippen LogP contribution in [0.3, 0.4) is 0 Å². The van der Waals surface area contributed by atoms with E-state index in [9.17, 15) is 4.79 Å². The van der Waals surface area contributed by atoms with Crippen molar-refractivity contribution in [2.75, 3.05) is 13.7 Å². The molecule has 0 radical (unpaired) electrons. The molecule has 21 heavy (non-hydrogen) atoms. The summed E-state index contributed by atoms with van der Waals surface area (Å²) in [7, 11) is 1.72. The third-order valence-corrected chi connectivity index (χ3v) is 4.01. The van der Waals surface area contributed by atoms with Crippen LogP contribution in [0.15, 0.2) is 18.7 Å². The van der Waals surface area contributed by atoms with Crippen molar-refractivity contribution in [3.05, 3.63) is 18.7 Å². The number of aryl methyl sites for hydroxylation is 1. The molecule has 0 unspecified atom stereocenters. The number of amides is 2. The van der Waals surface area contributed by atoms with Gasteiger partial charge in [0.15, 0.2) is 0 Å². The van der Waals surface area contributed by atoms with Crippen molar-refractivity contribution in [1.82, 2.24) is 20.2 Å². The Morgan fingerprint density at radius 3 is 3.00 bits per heavy atom. The third kappa shape index (κ3) is 5.38.